The van der Waals surface area contributed by atoms with Crippen molar-refractivity contribution in [3.05, 3.63) is 45.0 Å². The molecule has 96 valence electrons. The quantitative estimate of drug-likeness (QED) is 0.662. The van der Waals surface area contributed by atoms with Gasteiger partial charge in [-0.15, -0.1) is 0 Å². The summed E-state index contributed by atoms with van der Waals surface area (Å²) in [7, 11) is 0. The molecule has 7 heteroatoms. The van der Waals surface area contributed by atoms with E-state index in [4.69, 9.17) is 12.2 Å². The normalized spacial score (nSPS) is 11.1. The van der Waals surface area contributed by atoms with E-state index in [2.05, 4.69) is 20.1 Å². The SMILES string of the molecule is Cc1ccc(-c2c(C)[nH]n3c(=O)[nH]c(=S)nc23)cn1. The second-order valence-electron chi connectivity index (χ2n) is 4.31. The highest BCUT2D eigenvalue weighted by Crippen LogP contribution is 2.25. The number of hydrogen-bond acceptors (Lipinski definition) is 4. The summed E-state index contributed by atoms with van der Waals surface area (Å²) in [6.07, 6.45) is 1.76. The van der Waals surface area contributed by atoms with Gasteiger partial charge in [0.05, 0.1) is 0 Å². The fraction of sp³-hybridized carbons (Fsp3) is 0.167. The molecule has 3 heterocycles. The third-order valence-electron chi connectivity index (χ3n) is 2.91. The first-order valence-electron chi connectivity index (χ1n) is 5.71. The Morgan fingerprint density at radius 2 is 2.11 bits per heavy atom. The maximum absolute atomic E-state index is 11.8. The maximum Gasteiger partial charge on any atom is 0.348 e. The second kappa shape index (κ2) is 4.13. The Labute approximate surface area is 113 Å². The van der Waals surface area contributed by atoms with E-state index in [0.717, 1.165) is 22.5 Å². The lowest BCUT2D eigenvalue weighted by Gasteiger charge is -2.00. The minimum absolute atomic E-state index is 0.172. The summed E-state index contributed by atoms with van der Waals surface area (Å²) < 4.78 is 1.52. The van der Waals surface area contributed by atoms with Crippen LogP contribution in [0.4, 0.5) is 0 Å². The lowest BCUT2D eigenvalue weighted by Crippen LogP contribution is -2.18. The molecule has 0 aliphatic rings. The Bertz CT molecular complexity index is 872. The number of fused-ring (bicyclic) bond motifs is 1. The third kappa shape index (κ3) is 1.88. The van der Waals surface area contributed by atoms with E-state index in [9.17, 15) is 4.79 Å². The topological polar surface area (TPSA) is 78.8 Å². The molecule has 3 aromatic heterocycles. The molecular weight excluding hydrogens is 262 g/mol. The summed E-state index contributed by atoms with van der Waals surface area (Å²) in [5.74, 6) is 0. The molecule has 3 aromatic rings. The molecule has 3 rings (SSSR count). The Hall–Kier alpha value is -2.28. The highest BCUT2D eigenvalue weighted by atomic mass is 32.1. The number of hydrogen-bond donors (Lipinski definition) is 2. The zero-order valence-electron chi connectivity index (χ0n) is 10.4. The van der Waals surface area contributed by atoms with Crippen LogP contribution in [0.25, 0.3) is 16.8 Å². The summed E-state index contributed by atoms with van der Waals surface area (Å²) in [6, 6.07) is 3.87. The molecule has 0 aromatic carbocycles. The summed E-state index contributed by atoms with van der Waals surface area (Å²) in [4.78, 5) is 22.8. The first kappa shape index (κ1) is 11.8. The van der Waals surface area contributed by atoms with Gasteiger partial charge in [-0.05, 0) is 32.1 Å². The standard InChI is InChI=1S/C12H11N5OS/c1-6-3-4-8(5-13-6)9-7(2)16-17-10(9)14-11(19)15-12(17)18/h3-5,16H,1-2H3,(H,15,18,19). The van der Waals surface area contributed by atoms with Crippen LogP contribution in [0.1, 0.15) is 11.4 Å². The Morgan fingerprint density at radius 1 is 1.32 bits per heavy atom. The van der Waals surface area contributed by atoms with Crippen LogP contribution in [0, 0.1) is 18.6 Å². The monoisotopic (exact) mass is 273 g/mol. The predicted octanol–water partition coefficient (Wildman–Crippen LogP) is 1.76. The van der Waals surface area contributed by atoms with Gasteiger partial charge in [0.25, 0.3) is 0 Å². The van der Waals surface area contributed by atoms with Gasteiger partial charge in [0.1, 0.15) is 0 Å². The molecule has 0 bridgehead atoms. The van der Waals surface area contributed by atoms with Gasteiger partial charge in [0.15, 0.2) is 5.65 Å². The average Bonchev–Trinajstić information content (AvgIpc) is 2.67. The van der Waals surface area contributed by atoms with Crippen molar-refractivity contribution in [3.8, 4) is 11.1 Å². The Kier molecular flexibility index (Phi) is 2.56. The van der Waals surface area contributed by atoms with Crippen molar-refractivity contribution in [2.45, 2.75) is 13.8 Å². The van der Waals surface area contributed by atoms with Crippen LogP contribution in [0.15, 0.2) is 23.1 Å². The van der Waals surface area contributed by atoms with Crippen LogP contribution in [-0.4, -0.2) is 24.6 Å². The van der Waals surface area contributed by atoms with Crippen molar-refractivity contribution in [2.24, 2.45) is 0 Å². The average molecular weight is 273 g/mol. The lowest BCUT2D eigenvalue weighted by molar-refractivity contribution is 0.822. The van der Waals surface area contributed by atoms with E-state index in [1.807, 2.05) is 26.0 Å². The number of aromatic amines is 2. The Balaban J connectivity index is 2.41. The zero-order chi connectivity index (χ0) is 13.6. The van der Waals surface area contributed by atoms with Crippen molar-refractivity contribution < 1.29 is 0 Å². The van der Waals surface area contributed by atoms with Gasteiger partial charge in [-0.3, -0.25) is 15.1 Å². The fourth-order valence-corrected chi connectivity index (χ4v) is 2.22. The van der Waals surface area contributed by atoms with E-state index in [0.29, 0.717) is 5.65 Å². The van der Waals surface area contributed by atoms with Gasteiger partial charge in [0, 0.05) is 28.7 Å². The van der Waals surface area contributed by atoms with Crippen LogP contribution < -0.4 is 5.69 Å². The molecule has 0 saturated heterocycles. The van der Waals surface area contributed by atoms with Crippen LogP contribution in [0.5, 0.6) is 0 Å². The van der Waals surface area contributed by atoms with Crippen molar-refractivity contribution in [1.29, 1.82) is 0 Å². The fourth-order valence-electron chi connectivity index (χ4n) is 2.04. The third-order valence-corrected chi connectivity index (χ3v) is 3.11. The van der Waals surface area contributed by atoms with Gasteiger partial charge in [-0.1, -0.05) is 6.07 Å². The van der Waals surface area contributed by atoms with E-state index in [1.165, 1.54) is 4.52 Å². The molecule has 0 saturated carbocycles. The van der Waals surface area contributed by atoms with Crippen LogP contribution in [0.2, 0.25) is 0 Å². The molecule has 19 heavy (non-hydrogen) atoms. The molecule has 0 unspecified atom stereocenters. The summed E-state index contributed by atoms with van der Waals surface area (Å²) in [6.45, 7) is 3.80. The first-order valence-corrected chi connectivity index (χ1v) is 6.12. The van der Waals surface area contributed by atoms with Crippen LogP contribution in [-0.2, 0) is 0 Å². The number of aromatic nitrogens is 5. The zero-order valence-corrected chi connectivity index (χ0v) is 11.2. The number of nitrogens with zero attached hydrogens (tertiary/aromatic N) is 3. The molecule has 2 N–H and O–H groups in total. The number of nitrogens with one attached hydrogen (secondary N) is 2. The van der Waals surface area contributed by atoms with E-state index >= 15 is 0 Å². The summed E-state index contributed by atoms with van der Waals surface area (Å²) >= 11 is 4.96. The lowest BCUT2D eigenvalue weighted by atomic mass is 10.1. The molecule has 0 aliphatic carbocycles. The molecule has 0 aliphatic heterocycles. The van der Waals surface area contributed by atoms with Gasteiger partial charge < -0.3 is 0 Å². The van der Waals surface area contributed by atoms with Crippen molar-refractivity contribution in [3.63, 3.8) is 0 Å². The van der Waals surface area contributed by atoms with E-state index in [1.54, 1.807) is 6.20 Å². The maximum atomic E-state index is 11.8. The highest BCUT2D eigenvalue weighted by molar-refractivity contribution is 7.71. The molecule has 0 amide bonds. The smallest absolute Gasteiger partial charge is 0.292 e. The van der Waals surface area contributed by atoms with Crippen LogP contribution >= 0.6 is 12.2 Å². The molecule has 0 atom stereocenters. The number of aryl methyl sites for hydroxylation is 2. The van der Waals surface area contributed by atoms with Crippen LogP contribution in [0.3, 0.4) is 0 Å². The molecule has 6 nitrogen and oxygen atoms in total. The highest BCUT2D eigenvalue weighted by Gasteiger charge is 2.13. The minimum atomic E-state index is -0.329. The molecular formula is C12H11N5OS. The van der Waals surface area contributed by atoms with Gasteiger partial charge in [-0.25, -0.2) is 4.79 Å². The van der Waals surface area contributed by atoms with Gasteiger partial charge in [-0.2, -0.15) is 9.50 Å². The summed E-state index contributed by atoms with van der Waals surface area (Å²) in [5, 5.41) is 2.97. The van der Waals surface area contributed by atoms with E-state index in [-0.39, 0.29) is 10.5 Å². The molecule has 0 radical (unpaired) electrons. The Morgan fingerprint density at radius 3 is 2.79 bits per heavy atom. The largest absolute Gasteiger partial charge is 0.348 e. The van der Waals surface area contributed by atoms with Crippen molar-refractivity contribution >= 4 is 17.9 Å². The first-order chi connectivity index (χ1) is 9.06. The number of rotatable bonds is 1. The van der Waals surface area contributed by atoms with Crippen molar-refractivity contribution in [2.75, 3.05) is 0 Å². The molecule has 0 fully saturated rings. The summed E-state index contributed by atoms with van der Waals surface area (Å²) in [5.41, 5.74) is 3.69. The number of H-pyrrole nitrogens is 2. The second-order valence-corrected chi connectivity index (χ2v) is 4.69. The van der Waals surface area contributed by atoms with Gasteiger partial charge >= 0.3 is 5.69 Å². The van der Waals surface area contributed by atoms with Gasteiger partial charge in [0.2, 0.25) is 4.77 Å². The minimum Gasteiger partial charge on any atom is -0.292 e. The molecule has 0 spiro atoms. The van der Waals surface area contributed by atoms with Crippen molar-refractivity contribution in [1.82, 2.24) is 24.6 Å². The number of pyridine rings is 1. The predicted molar refractivity (Wildman–Crippen MR) is 73.7 cm³/mol. The van der Waals surface area contributed by atoms with E-state index < -0.39 is 0 Å².